The SMILES string of the molecule is C=CCC(N)C(=O)N(C)Cc1n[nH]c(C)n1. The minimum atomic E-state index is -0.539. The van der Waals surface area contributed by atoms with E-state index >= 15 is 0 Å². The van der Waals surface area contributed by atoms with Crippen molar-refractivity contribution in [1.29, 1.82) is 0 Å². The average molecular weight is 223 g/mol. The fourth-order valence-corrected chi connectivity index (χ4v) is 1.31. The second-order valence-corrected chi connectivity index (χ2v) is 3.66. The van der Waals surface area contributed by atoms with Crippen LogP contribution in [0.5, 0.6) is 0 Å². The maximum atomic E-state index is 11.7. The van der Waals surface area contributed by atoms with Crippen LogP contribution in [-0.2, 0) is 11.3 Å². The number of aromatic amines is 1. The maximum Gasteiger partial charge on any atom is 0.239 e. The van der Waals surface area contributed by atoms with Gasteiger partial charge in [0.2, 0.25) is 5.91 Å². The van der Waals surface area contributed by atoms with Crippen LogP contribution in [0.4, 0.5) is 0 Å². The molecule has 16 heavy (non-hydrogen) atoms. The Balaban J connectivity index is 2.54. The normalized spacial score (nSPS) is 12.2. The number of likely N-dealkylation sites (N-methyl/N-ethyl adjacent to an activating group) is 1. The molecule has 0 aliphatic carbocycles. The van der Waals surface area contributed by atoms with Gasteiger partial charge >= 0.3 is 0 Å². The van der Waals surface area contributed by atoms with Crippen molar-refractivity contribution in [1.82, 2.24) is 20.1 Å². The second-order valence-electron chi connectivity index (χ2n) is 3.66. The van der Waals surface area contributed by atoms with E-state index < -0.39 is 6.04 Å². The summed E-state index contributed by atoms with van der Waals surface area (Å²) >= 11 is 0. The summed E-state index contributed by atoms with van der Waals surface area (Å²) in [7, 11) is 1.68. The van der Waals surface area contributed by atoms with E-state index in [4.69, 9.17) is 5.73 Å². The van der Waals surface area contributed by atoms with Gasteiger partial charge in [-0.1, -0.05) is 6.08 Å². The van der Waals surface area contributed by atoms with Crippen LogP contribution in [0.25, 0.3) is 0 Å². The van der Waals surface area contributed by atoms with E-state index in [1.165, 1.54) is 4.90 Å². The van der Waals surface area contributed by atoms with Gasteiger partial charge in [-0.2, -0.15) is 5.10 Å². The summed E-state index contributed by atoms with van der Waals surface area (Å²) in [6, 6.07) is -0.539. The fraction of sp³-hybridized carbons (Fsp3) is 0.500. The van der Waals surface area contributed by atoms with Gasteiger partial charge in [0.1, 0.15) is 5.82 Å². The Morgan fingerprint density at radius 3 is 2.94 bits per heavy atom. The largest absolute Gasteiger partial charge is 0.337 e. The molecule has 0 bridgehead atoms. The monoisotopic (exact) mass is 223 g/mol. The summed E-state index contributed by atoms with van der Waals surface area (Å²) < 4.78 is 0. The molecular formula is C10H17N5O. The van der Waals surface area contributed by atoms with E-state index in [1.54, 1.807) is 13.1 Å². The van der Waals surface area contributed by atoms with Crippen molar-refractivity contribution in [3.05, 3.63) is 24.3 Å². The summed E-state index contributed by atoms with van der Waals surface area (Å²) in [4.78, 5) is 17.4. The van der Waals surface area contributed by atoms with Gasteiger partial charge in [-0.15, -0.1) is 6.58 Å². The lowest BCUT2D eigenvalue weighted by Crippen LogP contribution is -2.41. The first-order valence-corrected chi connectivity index (χ1v) is 5.04. The molecule has 88 valence electrons. The number of nitrogens with two attached hydrogens (primary N) is 1. The average Bonchev–Trinajstić information content (AvgIpc) is 2.63. The number of H-pyrrole nitrogens is 1. The standard InChI is InChI=1S/C10H17N5O/c1-4-5-8(11)10(16)15(3)6-9-12-7(2)13-14-9/h4,8H,1,5-6,11H2,2-3H3,(H,12,13,14). The molecule has 1 atom stereocenters. The summed E-state index contributed by atoms with van der Waals surface area (Å²) in [6.07, 6.45) is 2.10. The van der Waals surface area contributed by atoms with Crippen LogP contribution in [0.3, 0.4) is 0 Å². The van der Waals surface area contributed by atoms with Gasteiger partial charge in [0.25, 0.3) is 0 Å². The van der Waals surface area contributed by atoms with Gasteiger partial charge in [0, 0.05) is 7.05 Å². The number of amides is 1. The first kappa shape index (κ1) is 12.4. The minimum absolute atomic E-state index is 0.137. The van der Waals surface area contributed by atoms with E-state index in [2.05, 4.69) is 21.8 Å². The van der Waals surface area contributed by atoms with Crippen LogP contribution >= 0.6 is 0 Å². The zero-order chi connectivity index (χ0) is 12.1. The van der Waals surface area contributed by atoms with E-state index in [0.29, 0.717) is 18.8 Å². The Labute approximate surface area is 94.5 Å². The highest BCUT2D eigenvalue weighted by molar-refractivity contribution is 5.81. The molecule has 1 amide bonds. The first-order chi connectivity index (χ1) is 7.54. The van der Waals surface area contributed by atoms with Gasteiger partial charge in [-0.05, 0) is 13.3 Å². The molecule has 1 rings (SSSR count). The topological polar surface area (TPSA) is 87.9 Å². The quantitative estimate of drug-likeness (QED) is 0.686. The number of hydrogen-bond acceptors (Lipinski definition) is 4. The number of nitrogens with one attached hydrogen (secondary N) is 1. The van der Waals surface area contributed by atoms with Gasteiger partial charge in [0.15, 0.2) is 5.82 Å². The smallest absolute Gasteiger partial charge is 0.239 e. The van der Waals surface area contributed by atoms with E-state index in [9.17, 15) is 4.79 Å². The molecule has 6 heteroatoms. The molecule has 0 aromatic carbocycles. The first-order valence-electron chi connectivity index (χ1n) is 5.04. The minimum Gasteiger partial charge on any atom is -0.337 e. The van der Waals surface area contributed by atoms with Crippen LogP contribution in [-0.4, -0.2) is 39.1 Å². The summed E-state index contributed by atoms with van der Waals surface area (Å²) in [5.41, 5.74) is 5.68. The fourth-order valence-electron chi connectivity index (χ4n) is 1.31. The second kappa shape index (κ2) is 5.41. The number of carbonyl (C=O) groups is 1. The molecule has 3 N–H and O–H groups in total. The van der Waals surface area contributed by atoms with Crippen LogP contribution in [0, 0.1) is 6.92 Å². The molecule has 0 saturated heterocycles. The van der Waals surface area contributed by atoms with Crippen molar-refractivity contribution in [3.63, 3.8) is 0 Å². The van der Waals surface area contributed by atoms with E-state index in [-0.39, 0.29) is 5.91 Å². The number of aromatic nitrogens is 3. The molecule has 0 radical (unpaired) electrons. The highest BCUT2D eigenvalue weighted by atomic mass is 16.2. The highest BCUT2D eigenvalue weighted by Gasteiger charge is 2.17. The molecule has 1 aromatic heterocycles. The summed E-state index contributed by atoms with van der Waals surface area (Å²) in [6.45, 7) is 5.71. The predicted molar refractivity (Wildman–Crippen MR) is 60.4 cm³/mol. The third-order valence-corrected chi connectivity index (χ3v) is 2.14. The lowest BCUT2D eigenvalue weighted by molar-refractivity contribution is -0.131. The van der Waals surface area contributed by atoms with Crippen molar-refractivity contribution >= 4 is 5.91 Å². The molecule has 0 aliphatic heterocycles. The predicted octanol–water partition coefficient (Wildman–Crippen LogP) is -0.0251. The van der Waals surface area contributed by atoms with Crippen LogP contribution in [0.2, 0.25) is 0 Å². The highest BCUT2D eigenvalue weighted by Crippen LogP contribution is 2.01. The summed E-state index contributed by atoms with van der Waals surface area (Å²) in [5.74, 6) is 1.17. The van der Waals surface area contributed by atoms with Gasteiger partial charge in [-0.25, -0.2) is 4.98 Å². The molecule has 0 saturated carbocycles. The Kier molecular flexibility index (Phi) is 4.19. The van der Waals surface area contributed by atoms with E-state index in [1.807, 2.05) is 6.92 Å². The van der Waals surface area contributed by atoms with Crippen molar-refractivity contribution in [2.24, 2.45) is 5.73 Å². The molecule has 1 aromatic rings. The number of nitrogens with zero attached hydrogens (tertiary/aromatic N) is 3. The van der Waals surface area contributed by atoms with Crippen LogP contribution in [0.1, 0.15) is 18.1 Å². The Hall–Kier alpha value is -1.69. The Bertz CT molecular complexity index is 373. The third-order valence-electron chi connectivity index (χ3n) is 2.14. The number of rotatable bonds is 5. The lowest BCUT2D eigenvalue weighted by atomic mass is 10.2. The van der Waals surface area contributed by atoms with Crippen molar-refractivity contribution in [2.45, 2.75) is 25.9 Å². The number of aryl methyl sites for hydroxylation is 1. The number of hydrogen-bond donors (Lipinski definition) is 2. The molecule has 0 spiro atoms. The Morgan fingerprint density at radius 2 is 2.44 bits per heavy atom. The zero-order valence-corrected chi connectivity index (χ0v) is 9.60. The third kappa shape index (κ3) is 3.16. The van der Waals surface area contributed by atoms with Gasteiger partial charge in [-0.3, -0.25) is 9.89 Å². The number of carbonyl (C=O) groups excluding carboxylic acids is 1. The molecule has 0 fully saturated rings. The molecule has 1 heterocycles. The van der Waals surface area contributed by atoms with Crippen molar-refractivity contribution in [2.75, 3.05) is 7.05 Å². The van der Waals surface area contributed by atoms with Crippen LogP contribution in [0.15, 0.2) is 12.7 Å². The molecule has 1 unspecified atom stereocenters. The van der Waals surface area contributed by atoms with Crippen molar-refractivity contribution in [3.8, 4) is 0 Å². The maximum absolute atomic E-state index is 11.7. The van der Waals surface area contributed by atoms with Gasteiger partial charge < -0.3 is 10.6 Å². The van der Waals surface area contributed by atoms with Gasteiger partial charge in [0.05, 0.1) is 12.6 Å². The van der Waals surface area contributed by atoms with Crippen LogP contribution < -0.4 is 5.73 Å². The molecule has 6 nitrogen and oxygen atoms in total. The lowest BCUT2D eigenvalue weighted by Gasteiger charge is -2.18. The summed E-state index contributed by atoms with van der Waals surface area (Å²) in [5, 5.41) is 6.67. The zero-order valence-electron chi connectivity index (χ0n) is 9.60. The molecule has 0 aliphatic rings. The molecular weight excluding hydrogens is 206 g/mol. The Morgan fingerprint density at radius 1 is 1.75 bits per heavy atom. The van der Waals surface area contributed by atoms with E-state index in [0.717, 1.165) is 5.82 Å². The van der Waals surface area contributed by atoms with Crippen molar-refractivity contribution < 1.29 is 4.79 Å².